The van der Waals surface area contributed by atoms with Gasteiger partial charge in [-0.25, -0.2) is 4.72 Å². The molecule has 2 saturated carbocycles. The second-order valence-electron chi connectivity index (χ2n) is 9.18. The van der Waals surface area contributed by atoms with Crippen molar-refractivity contribution in [2.75, 3.05) is 6.61 Å². The van der Waals surface area contributed by atoms with Gasteiger partial charge >= 0.3 is 10.3 Å². The van der Waals surface area contributed by atoms with Crippen LogP contribution in [0.3, 0.4) is 0 Å². The number of hydrogen-bond acceptors (Lipinski definition) is 6. The van der Waals surface area contributed by atoms with Crippen LogP contribution in [0.2, 0.25) is 0 Å². The normalized spacial score (nSPS) is 32.5. The number of aliphatic hydroxyl groups is 1. The summed E-state index contributed by atoms with van der Waals surface area (Å²) in [5, 5.41) is 10.6. The van der Waals surface area contributed by atoms with Crippen molar-refractivity contribution < 1.29 is 27.2 Å². The largest absolute Gasteiger partial charge is 0.490 e. The highest BCUT2D eigenvalue weighted by Gasteiger charge is 2.54. The highest BCUT2D eigenvalue weighted by atomic mass is 32.2. The van der Waals surface area contributed by atoms with Crippen LogP contribution < -0.4 is 13.6 Å². The first-order valence-corrected chi connectivity index (χ1v) is 12.3. The Morgan fingerprint density at radius 1 is 1.23 bits per heavy atom. The minimum absolute atomic E-state index is 0.0108. The lowest BCUT2D eigenvalue weighted by Gasteiger charge is -2.50. The molecule has 0 radical (unpaired) electrons. The van der Waals surface area contributed by atoms with Crippen LogP contribution in [0.1, 0.15) is 69.9 Å². The number of carbonyl (C=O) groups is 1. The van der Waals surface area contributed by atoms with Gasteiger partial charge in [-0.2, -0.15) is 8.42 Å². The van der Waals surface area contributed by atoms with E-state index < -0.39 is 16.2 Å². The minimum atomic E-state index is -4.26. The van der Waals surface area contributed by atoms with E-state index in [1.54, 1.807) is 6.07 Å². The van der Waals surface area contributed by atoms with E-state index in [-0.39, 0.29) is 17.3 Å². The van der Waals surface area contributed by atoms with Gasteiger partial charge in [0.15, 0.2) is 11.5 Å². The van der Waals surface area contributed by atoms with Gasteiger partial charge in [0.25, 0.3) is 0 Å². The molecule has 0 heterocycles. The third kappa shape index (κ3) is 3.68. The van der Waals surface area contributed by atoms with E-state index in [4.69, 9.17) is 8.92 Å². The number of benzene rings is 1. The van der Waals surface area contributed by atoms with Crippen molar-refractivity contribution in [1.29, 1.82) is 0 Å². The monoisotopic (exact) mass is 437 g/mol. The topological polar surface area (TPSA) is 102 Å². The average molecular weight is 438 g/mol. The lowest BCUT2D eigenvalue weighted by atomic mass is 9.55. The summed E-state index contributed by atoms with van der Waals surface area (Å²) in [5.41, 5.74) is 2.30. The lowest BCUT2D eigenvalue weighted by molar-refractivity contribution is -0.117. The molecule has 1 aromatic carbocycles. The zero-order chi connectivity index (χ0) is 21.7. The van der Waals surface area contributed by atoms with Crippen molar-refractivity contribution in [3.05, 3.63) is 23.3 Å². The number of hydrogen-bond donors (Lipinski definition) is 2. The first-order valence-electron chi connectivity index (χ1n) is 10.8. The maximum absolute atomic E-state index is 12.1. The Labute approximate surface area is 178 Å². The molecule has 30 heavy (non-hydrogen) atoms. The summed E-state index contributed by atoms with van der Waals surface area (Å²) in [7, 11) is -4.26. The van der Waals surface area contributed by atoms with Gasteiger partial charge in [-0.3, -0.25) is 4.79 Å². The molecule has 3 unspecified atom stereocenters. The van der Waals surface area contributed by atoms with E-state index in [0.29, 0.717) is 30.1 Å². The van der Waals surface area contributed by atoms with Crippen molar-refractivity contribution in [1.82, 2.24) is 4.72 Å². The Morgan fingerprint density at radius 3 is 2.70 bits per heavy atom. The van der Waals surface area contributed by atoms with Gasteiger partial charge in [-0.1, -0.05) is 6.92 Å². The van der Waals surface area contributed by atoms with Gasteiger partial charge in [-0.05, 0) is 91.9 Å². The maximum Gasteiger partial charge on any atom is 0.409 e. The smallest absolute Gasteiger partial charge is 0.409 e. The fourth-order valence-corrected chi connectivity index (χ4v) is 6.96. The second kappa shape index (κ2) is 7.71. The van der Waals surface area contributed by atoms with Crippen LogP contribution in [0.5, 0.6) is 11.5 Å². The van der Waals surface area contributed by atoms with Crippen LogP contribution in [-0.4, -0.2) is 32.1 Å². The van der Waals surface area contributed by atoms with Gasteiger partial charge in [0.05, 0.1) is 12.7 Å². The van der Waals surface area contributed by atoms with Crippen molar-refractivity contribution in [2.45, 2.75) is 71.3 Å². The predicted molar refractivity (Wildman–Crippen MR) is 112 cm³/mol. The molecule has 1 aromatic rings. The molecule has 1 amide bonds. The van der Waals surface area contributed by atoms with E-state index in [1.807, 2.05) is 17.7 Å². The molecule has 2 fully saturated rings. The molecule has 0 spiro atoms. The van der Waals surface area contributed by atoms with Crippen molar-refractivity contribution in [2.24, 2.45) is 17.3 Å². The van der Waals surface area contributed by atoms with Crippen LogP contribution in [0.25, 0.3) is 0 Å². The van der Waals surface area contributed by atoms with E-state index in [9.17, 15) is 18.3 Å². The number of aryl methyl sites for hydroxylation is 1. The molecule has 0 saturated heterocycles. The highest BCUT2D eigenvalue weighted by molar-refractivity contribution is 7.85. The summed E-state index contributed by atoms with van der Waals surface area (Å²) in [5.74, 6) is 1.21. The standard InChI is InChI=1S/C22H31NO6S/c1-4-28-19-12-17-14(11-20(19)29-30(26,27)23-13(2)24)5-6-16-15(17)9-10-22(3)18(16)7-8-21(22)25/h11-12,15-16,18,21,25H,4-10H2,1-3H3,(H,23,24)/t15?,16?,18?,21-,22+/m1/s1. The fourth-order valence-electron chi connectivity index (χ4n) is 6.20. The third-order valence-electron chi connectivity index (χ3n) is 7.51. The molecule has 0 aliphatic heterocycles. The zero-order valence-electron chi connectivity index (χ0n) is 17.8. The Kier molecular flexibility index (Phi) is 5.51. The second-order valence-corrected chi connectivity index (χ2v) is 10.5. The van der Waals surface area contributed by atoms with E-state index in [1.165, 1.54) is 5.56 Å². The number of ether oxygens (including phenoxy) is 1. The number of amides is 1. The molecule has 5 atom stereocenters. The van der Waals surface area contributed by atoms with Crippen LogP contribution in [0.15, 0.2) is 12.1 Å². The number of aliphatic hydroxyl groups excluding tert-OH is 1. The highest BCUT2D eigenvalue weighted by Crippen LogP contribution is 2.61. The first kappa shape index (κ1) is 21.4. The summed E-state index contributed by atoms with van der Waals surface area (Å²) in [6, 6.07) is 3.69. The Hall–Kier alpha value is -1.80. The quantitative estimate of drug-likeness (QED) is 0.734. The average Bonchev–Trinajstić information content (AvgIpc) is 2.96. The van der Waals surface area contributed by atoms with Gasteiger partial charge < -0.3 is 14.0 Å². The van der Waals surface area contributed by atoms with Crippen LogP contribution in [0, 0.1) is 17.3 Å². The molecule has 0 bridgehead atoms. The molecular weight excluding hydrogens is 406 g/mol. The fraction of sp³-hybridized carbons (Fsp3) is 0.682. The summed E-state index contributed by atoms with van der Waals surface area (Å²) in [4.78, 5) is 11.2. The molecule has 3 aliphatic rings. The SMILES string of the molecule is CCOc1cc2c(cc1OS(=O)(=O)NC(C)=O)CCC1C2CC[C@@]2(C)C1CC[C@H]2O. The minimum Gasteiger partial charge on any atom is -0.490 e. The summed E-state index contributed by atoms with van der Waals surface area (Å²) in [6.45, 7) is 5.57. The predicted octanol–water partition coefficient (Wildman–Crippen LogP) is 3.06. The molecular formula is C22H31NO6S. The van der Waals surface area contributed by atoms with Crippen molar-refractivity contribution in [3.8, 4) is 11.5 Å². The molecule has 3 aliphatic carbocycles. The summed E-state index contributed by atoms with van der Waals surface area (Å²) >= 11 is 0. The van der Waals surface area contributed by atoms with Crippen LogP contribution in [-0.2, 0) is 21.5 Å². The summed E-state index contributed by atoms with van der Waals surface area (Å²) in [6.07, 6.45) is 5.62. The maximum atomic E-state index is 12.1. The summed E-state index contributed by atoms with van der Waals surface area (Å²) < 4.78 is 37.0. The molecule has 4 rings (SSSR count). The van der Waals surface area contributed by atoms with Crippen molar-refractivity contribution in [3.63, 3.8) is 0 Å². The number of carbonyl (C=O) groups excluding carboxylic acids is 1. The van der Waals surface area contributed by atoms with Gasteiger partial charge in [0.2, 0.25) is 5.91 Å². The Balaban J connectivity index is 1.67. The van der Waals surface area contributed by atoms with E-state index >= 15 is 0 Å². The van der Waals surface area contributed by atoms with E-state index in [0.717, 1.165) is 51.0 Å². The van der Waals surface area contributed by atoms with Gasteiger partial charge in [0.1, 0.15) is 0 Å². The van der Waals surface area contributed by atoms with Crippen LogP contribution >= 0.6 is 0 Å². The lowest BCUT2D eigenvalue weighted by Crippen LogP contribution is -2.43. The number of rotatable bonds is 5. The molecule has 166 valence electrons. The Morgan fingerprint density at radius 2 is 2.00 bits per heavy atom. The molecule has 0 aromatic heterocycles. The third-order valence-corrected chi connectivity index (χ3v) is 8.44. The van der Waals surface area contributed by atoms with Crippen molar-refractivity contribution >= 4 is 16.2 Å². The van der Waals surface area contributed by atoms with Crippen LogP contribution in [0.4, 0.5) is 0 Å². The first-order chi connectivity index (χ1) is 14.1. The van der Waals surface area contributed by atoms with Gasteiger partial charge in [0, 0.05) is 6.92 Å². The van der Waals surface area contributed by atoms with E-state index in [2.05, 4.69) is 6.92 Å². The zero-order valence-corrected chi connectivity index (χ0v) is 18.6. The molecule has 7 nitrogen and oxygen atoms in total. The number of fused-ring (bicyclic) bond motifs is 5. The molecule has 2 N–H and O–H groups in total. The van der Waals surface area contributed by atoms with Gasteiger partial charge in [-0.15, -0.1) is 0 Å². The number of nitrogens with one attached hydrogen (secondary N) is 1. The Bertz CT molecular complexity index is 945. The molecule has 8 heteroatoms.